The molecule has 0 saturated heterocycles. The van der Waals surface area contributed by atoms with Crippen molar-refractivity contribution in [3.63, 3.8) is 0 Å². The number of benzene rings is 4. The standard InChI is InChI=1S/C38H28N4/c1-38(2)31-20-23(36-40-35(22-10-4-3-5-11-22)41-37(42-36)32-14-8-9-19-39-32)15-16-26(31)28-18-17-27-24-12-6-7-13-25(24)29-21-30(29)33(27)34(28)38/h3-20,29-30H,21H2,1-2H3. The average molecular weight is 541 g/mol. The van der Waals surface area contributed by atoms with Gasteiger partial charge in [0.05, 0.1) is 0 Å². The SMILES string of the molecule is CC1(C)c2cc(-c3nc(-c4ccccc4)nc(-c4ccccn4)n3)ccc2-c2ccc3c(c21)C1CC1c1ccccc1-3. The van der Waals surface area contributed by atoms with Crippen molar-refractivity contribution in [1.82, 2.24) is 19.9 Å². The van der Waals surface area contributed by atoms with Crippen LogP contribution in [0.5, 0.6) is 0 Å². The summed E-state index contributed by atoms with van der Waals surface area (Å²) in [7, 11) is 0. The van der Waals surface area contributed by atoms with Gasteiger partial charge in [0, 0.05) is 22.7 Å². The molecule has 0 bridgehead atoms. The first kappa shape index (κ1) is 23.7. The van der Waals surface area contributed by atoms with Crippen molar-refractivity contribution < 1.29 is 0 Å². The maximum Gasteiger partial charge on any atom is 0.182 e. The second-order valence-electron chi connectivity index (χ2n) is 12.3. The lowest BCUT2D eigenvalue weighted by Gasteiger charge is -2.29. The lowest BCUT2D eigenvalue weighted by atomic mass is 9.74. The highest BCUT2D eigenvalue weighted by Gasteiger charge is 2.50. The van der Waals surface area contributed by atoms with E-state index in [0.717, 1.165) is 16.8 Å². The van der Waals surface area contributed by atoms with E-state index >= 15 is 0 Å². The van der Waals surface area contributed by atoms with Crippen LogP contribution in [0.2, 0.25) is 0 Å². The van der Waals surface area contributed by atoms with Crippen molar-refractivity contribution in [3.8, 4) is 56.5 Å². The fraction of sp³-hybridized carbons (Fsp3) is 0.158. The van der Waals surface area contributed by atoms with Gasteiger partial charge in [-0.05, 0) is 81.0 Å². The van der Waals surface area contributed by atoms with E-state index in [9.17, 15) is 0 Å². The van der Waals surface area contributed by atoms with E-state index in [1.54, 1.807) is 11.8 Å². The van der Waals surface area contributed by atoms with Gasteiger partial charge in [-0.2, -0.15) is 0 Å². The van der Waals surface area contributed by atoms with E-state index in [1.165, 1.54) is 45.4 Å². The second kappa shape index (κ2) is 8.53. The molecule has 200 valence electrons. The molecule has 2 unspecified atom stereocenters. The predicted molar refractivity (Wildman–Crippen MR) is 167 cm³/mol. The van der Waals surface area contributed by atoms with Crippen molar-refractivity contribution in [2.24, 2.45) is 0 Å². The smallest absolute Gasteiger partial charge is 0.182 e. The Morgan fingerprint density at radius 3 is 2.14 bits per heavy atom. The molecule has 4 nitrogen and oxygen atoms in total. The number of fused-ring (bicyclic) bond motifs is 10. The normalized spacial score (nSPS) is 18.3. The number of nitrogens with zero attached hydrogens (tertiary/aromatic N) is 4. The highest BCUT2D eigenvalue weighted by Crippen LogP contribution is 2.66. The Morgan fingerprint density at radius 2 is 1.31 bits per heavy atom. The summed E-state index contributed by atoms with van der Waals surface area (Å²) in [5, 5.41) is 0. The fourth-order valence-corrected chi connectivity index (χ4v) is 7.46. The molecule has 0 amide bonds. The van der Waals surface area contributed by atoms with Gasteiger partial charge >= 0.3 is 0 Å². The Labute approximate surface area is 245 Å². The first-order chi connectivity index (χ1) is 20.6. The third-order valence-electron chi connectivity index (χ3n) is 9.48. The van der Waals surface area contributed by atoms with E-state index in [2.05, 4.69) is 73.4 Å². The molecule has 3 aliphatic rings. The van der Waals surface area contributed by atoms with Gasteiger partial charge in [0.1, 0.15) is 5.69 Å². The lowest BCUT2D eigenvalue weighted by Crippen LogP contribution is -2.19. The zero-order chi connectivity index (χ0) is 28.0. The molecule has 6 aromatic rings. The summed E-state index contributed by atoms with van der Waals surface area (Å²) in [6.07, 6.45) is 3.03. The highest BCUT2D eigenvalue weighted by atomic mass is 15.0. The van der Waals surface area contributed by atoms with Crippen molar-refractivity contribution in [3.05, 3.63) is 132 Å². The molecule has 2 aromatic heterocycles. The van der Waals surface area contributed by atoms with Gasteiger partial charge < -0.3 is 0 Å². The molecule has 42 heavy (non-hydrogen) atoms. The lowest BCUT2D eigenvalue weighted by molar-refractivity contribution is 0.650. The Bertz CT molecular complexity index is 1990. The number of pyridine rings is 1. The minimum absolute atomic E-state index is 0.134. The molecule has 9 rings (SSSR count). The summed E-state index contributed by atoms with van der Waals surface area (Å²) in [5.74, 6) is 3.17. The average Bonchev–Trinajstić information content (AvgIpc) is 3.82. The van der Waals surface area contributed by atoms with E-state index in [4.69, 9.17) is 15.0 Å². The Hall–Kier alpha value is -4.96. The summed E-state index contributed by atoms with van der Waals surface area (Å²) in [6, 6.07) is 36.4. The van der Waals surface area contributed by atoms with E-state index in [0.29, 0.717) is 29.3 Å². The Morgan fingerprint density at radius 1 is 0.595 bits per heavy atom. The van der Waals surface area contributed by atoms with Crippen LogP contribution in [-0.2, 0) is 5.41 Å². The van der Waals surface area contributed by atoms with Crippen LogP contribution in [0.3, 0.4) is 0 Å². The monoisotopic (exact) mass is 540 g/mol. The van der Waals surface area contributed by atoms with Crippen LogP contribution in [0, 0.1) is 0 Å². The van der Waals surface area contributed by atoms with Gasteiger partial charge in [-0.1, -0.05) is 98.8 Å². The molecule has 1 saturated carbocycles. The summed E-state index contributed by atoms with van der Waals surface area (Å²) in [5.41, 5.74) is 14.0. The summed E-state index contributed by atoms with van der Waals surface area (Å²) < 4.78 is 0. The third-order valence-corrected chi connectivity index (χ3v) is 9.48. The molecular formula is C38H28N4. The largest absolute Gasteiger partial charge is 0.253 e. The number of hydrogen-bond donors (Lipinski definition) is 0. The van der Waals surface area contributed by atoms with E-state index < -0.39 is 0 Å². The summed E-state index contributed by atoms with van der Waals surface area (Å²) in [4.78, 5) is 19.3. The number of hydrogen-bond acceptors (Lipinski definition) is 4. The molecule has 3 aliphatic carbocycles. The van der Waals surface area contributed by atoms with Crippen molar-refractivity contribution in [2.75, 3.05) is 0 Å². The molecular weight excluding hydrogens is 512 g/mol. The number of rotatable bonds is 3. The van der Waals surface area contributed by atoms with Crippen LogP contribution >= 0.6 is 0 Å². The first-order valence-corrected chi connectivity index (χ1v) is 14.7. The second-order valence-corrected chi connectivity index (χ2v) is 12.3. The fourth-order valence-electron chi connectivity index (χ4n) is 7.46. The molecule has 0 radical (unpaired) electrons. The van der Waals surface area contributed by atoms with Crippen LogP contribution in [0.4, 0.5) is 0 Å². The van der Waals surface area contributed by atoms with Crippen LogP contribution in [-0.4, -0.2) is 19.9 Å². The van der Waals surface area contributed by atoms with Crippen molar-refractivity contribution in [2.45, 2.75) is 37.5 Å². The summed E-state index contributed by atoms with van der Waals surface area (Å²) in [6.45, 7) is 4.78. The van der Waals surface area contributed by atoms with Gasteiger partial charge in [-0.3, -0.25) is 4.98 Å². The minimum Gasteiger partial charge on any atom is -0.253 e. The molecule has 0 aliphatic heterocycles. The first-order valence-electron chi connectivity index (χ1n) is 14.7. The Balaban J connectivity index is 1.21. The highest BCUT2D eigenvalue weighted by molar-refractivity contribution is 5.90. The third kappa shape index (κ3) is 3.35. The zero-order valence-corrected chi connectivity index (χ0v) is 23.5. The maximum atomic E-state index is 4.99. The predicted octanol–water partition coefficient (Wildman–Crippen LogP) is 8.83. The van der Waals surface area contributed by atoms with Crippen LogP contribution in [0.25, 0.3) is 56.5 Å². The molecule has 2 atom stereocenters. The molecule has 4 heteroatoms. The van der Waals surface area contributed by atoms with Gasteiger partial charge in [0.2, 0.25) is 0 Å². The number of aromatic nitrogens is 4. The molecule has 2 heterocycles. The van der Waals surface area contributed by atoms with Gasteiger partial charge in [0.25, 0.3) is 0 Å². The topological polar surface area (TPSA) is 51.6 Å². The van der Waals surface area contributed by atoms with E-state index in [1.807, 2.05) is 48.5 Å². The van der Waals surface area contributed by atoms with Gasteiger partial charge in [-0.15, -0.1) is 0 Å². The molecule has 1 fully saturated rings. The van der Waals surface area contributed by atoms with Crippen LogP contribution in [0.15, 0.2) is 109 Å². The summed E-state index contributed by atoms with van der Waals surface area (Å²) >= 11 is 0. The van der Waals surface area contributed by atoms with Crippen molar-refractivity contribution in [1.29, 1.82) is 0 Å². The van der Waals surface area contributed by atoms with Crippen LogP contribution < -0.4 is 0 Å². The Kier molecular flexibility index (Phi) is 4.81. The molecule has 4 aromatic carbocycles. The zero-order valence-electron chi connectivity index (χ0n) is 23.5. The van der Waals surface area contributed by atoms with Crippen LogP contribution in [0.1, 0.15) is 54.4 Å². The quantitative estimate of drug-likeness (QED) is 0.225. The van der Waals surface area contributed by atoms with Crippen molar-refractivity contribution >= 4 is 0 Å². The molecule has 0 spiro atoms. The maximum absolute atomic E-state index is 4.99. The minimum atomic E-state index is -0.134. The van der Waals surface area contributed by atoms with Gasteiger partial charge in [0.15, 0.2) is 17.5 Å². The molecule has 0 N–H and O–H groups in total. The van der Waals surface area contributed by atoms with E-state index in [-0.39, 0.29) is 5.41 Å². The van der Waals surface area contributed by atoms with Gasteiger partial charge in [-0.25, -0.2) is 15.0 Å².